The Morgan fingerprint density at radius 2 is 1.80 bits per heavy atom. The van der Waals surface area contributed by atoms with Gasteiger partial charge in [-0.05, 0) is 19.6 Å². The molecule has 0 N–H and O–H groups in total. The van der Waals surface area contributed by atoms with Crippen molar-refractivity contribution in [2.75, 3.05) is 18.8 Å². The third-order valence-electron chi connectivity index (χ3n) is 1.29. The van der Waals surface area contributed by atoms with E-state index in [1.54, 1.807) is 11.8 Å². The third-order valence-corrected chi connectivity index (χ3v) is 2.70. The van der Waals surface area contributed by atoms with Crippen molar-refractivity contribution in [3.05, 3.63) is 0 Å². The van der Waals surface area contributed by atoms with E-state index in [4.69, 9.17) is 12.2 Å². The average Bonchev–Trinajstić information content (AvgIpc) is 1.91. The second-order valence-electron chi connectivity index (χ2n) is 1.87. The molecular formula is C7H15NS2. The summed E-state index contributed by atoms with van der Waals surface area (Å²) in [6.07, 6.45) is 0. The molecule has 0 amide bonds. The van der Waals surface area contributed by atoms with E-state index in [9.17, 15) is 0 Å². The first-order valence-corrected chi connectivity index (χ1v) is 5.07. The van der Waals surface area contributed by atoms with Crippen LogP contribution in [0.3, 0.4) is 0 Å². The van der Waals surface area contributed by atoms with Gasteiger partial charge in [-0.3, -0.25) is 0 Å². The highest BCUT2D eigenvalue weighted by molar-refractivity contribution is 8.22. The zero-order chi connectivity index (χ0) is 7.98. The Bertz CT molecular complexity index is 99.8. The number of hydrogen-bond donors (Lipinski definition) is 0. The van der Waals surface area contributed by atoms with Crippen molar-refractivity contribution in [3.8, 4) is 0 Å². The van der Waals surface area contributed by atoms with Crippen molar-refractivity contribution < 1.29 is 0 Å². The predicted octanol–water partition coefficient (Wildman–Crippen LogP) is 2.37. The summed E-state index contributed by atoms with van der Waals surface area (Å²) in [6, 6.07) is 0. The summed E-state index contributed by atoms with van der Waals surface area (Å²) in [6.45, 7) is 8.45. The first-order chi connectivity index (χ1) is 4.76. The molecule has 1 nitrogen and oxygen atoms in total. The van der Waals surface area contributed by atoms with Crippen molar-refractivity contribution in [1.29, 1.82) is 0 Å². The molecule has 0 aromatic heterocycles. The van der Waals surface area contributed by atoms with Crippen LogP contribution in [0.1, 0.15) is 20.8 Å². The lowest BCUT2D eigenvalue weighted by molar-refractivity contribution is 0.482. The van der Waals surface area contributed by atoms with Crippen LogP contribution in [-0.4, -0.2) is 28.1 Å². The zero-order valence-electron chi connectivity index (χ0n) is 6.89. The van der Waals surface area contributed by atoms with Gasteiger partial charge in [0, 0.05) is 13.1 Å². The largest absolute Gasteiger partial charge is 0.358 e. The maximum Gasteiger partial charge on any atom is 0.136 e. The molecule has 60 valence electrons. The fourth-order valence-electron chi connectivity index (χ4n) is 0.697. The SMILES string of the molecule is CCSC(=S)N(CC)CC. The van der Waals surface area contributed by atoms with Gasteiger partial charge < -0.3 is 4.90 Å². The van der Waals surface area contributed by atoms with E-state index < -0.39 is 0 Å². The van der Waals surface area contributed by atoms with E-state index in [1.165, 1.54) is 0 Å². The summed E-state index contributed by atoms with van der Waals surface area (Å²) in [7, 11) is 0. The molecule has 0 spiro atoms. The maximum atomic E-state index is 5.16. The van der Waals surface area contributed by atoms with E-state index in [0.29, 0.717) is 0 Å². The van der Waals surface area contributed by atoms with E-state index in [0.717, 1.165) is 23.2 Å². The Balaban J connectivity index is 3.65. The van der Waals surface area contributed by atoms with Crippen molar-refractivity contribution >= 4 is 28.3 Å². The Morgan fingerprint density at radius 1 is 1.30 bits per heavy atom. The quantitative estimate of drug-likeness (QED) is 0.609. The summed E-state index contributed by atoms with van der Waals surface area (Å²) >= 11 is 6.91. The molecule has 0 rings (SSSR count). The van der Waals surface area contributed by atoms with Gasteiger partial charge in [0.25, 0.3) is 0 Å². The van der Waals surface area contributed by atoms with Crippen LogP contribution < -0.4 is 0 Å². The summed E-state index contributed by atoms with van der Waals surface area (Å²) in [5, 5.41) is 0. The number of nitrogens with zero attached hydrogens (tertiary/aromatic N) is 1. The first kappa shape index (κ1) is 10.2. The van der Waals surface area contributed by atoms with Gasteiger partial charge in [-0.15, -0.1) is 0 Å². The van der Waals surface area contributed by atoms with Gasteiger partial charge in [0.05, 0.1) is 0 Å². The minimum absolute atomic E-state index is 1.03. The third kappa shape index (κ3) is 3.42. The fourth-order valence-corrected chi connectivity index (χ4v) is 2.00. The predicted molar refractivity (Wildman–Crippen MR) is 53.7 cm³/mol. The minimum atomic E-state index is 1.03. The number of thiocarbonyl (C=S) groups is 1. The van der Waals surface area contributed by atoms with Crippen molar-refractivity contribution in [1.82, 2.24) is 4.90 Å². The van der Waals surface area contributed by atoms with Crippen LogP contribution in [0, 0.1) is 0 Å². The average molecular weight is 177 g/mol. The summed E-state index contributed by atoms with van der Waals surface area (Å²) in [5.74, 6) is 1.08. The molecular weight excluding hydrogens is 162 g/mol. The van der Waals surface area contributed by atoms with Gasteiger partial charge in [0.2, 0.25) is 0 Å². The standard InChI is InChI=1S/C7H15NS2/c1-4-8(5-2)7(9)10-6-3/h4-6H2,1-3H3. The number of hydrogen-bond acceptors (Lipinski definition) is 2. The van der Waals surface area contributed by atoms with E-state index in [2.05, 4.69) is 25.7 Å². The fraction of sp³-hybridized carbons (Fsp3) is 0.857. The van der Waals surface area contributed by atoms with Crippen LogP contribution in [0.5, 0.6) is 0 Å². The van der Waals surface area contributed by atoms with Crippen LogP contribution in [-0.2, 0) is 0 Å². The van der Waals surface area contributed by atoms with Crippen molar-refractivity contribution in [2.24, 2.45) is 0 Å². The Morgan fingerprint density at radius 3 is 2.10 bits per heavy atom. The normalized spacial score (nSPS) is 9.50. The zero-order valence-corrected chi connectivity index (χ0v) is 8.52. The molecule has 0 unspecified atom stereocenters. The topological polar surface area (TPSA) is 3.24 Å². The highest BCUT2D eigenvalue weighted by Gasteiger charge is 2.02. The molecule has 0 saturated heterocycles. The lowest BCUT2D eigenvalue weighted by atomic mass is 10.6. The Labute approximate surface area is 73.2 Å². The summed E-state index contributed by atoms with van der Waals surface area (Å²) in [5.41, 5.74) is 0. The van der Waals surface area contributed by atoms with Gasteiger partial charge in [-0.25, -0.2) is 0 Å². The summed E-state index contributed by atoms with van der Waals surface area (Å²) in [4.78, 5) is 2.20. The monoisotopic (exact) mass is 177 g/mol. The van der Waals surface area contributed by atoms with E-state index >= 15 is 0 Å². The van der Waals surface area contributed by atoms with Crippen molar-refractivity contribution in [2.45, 2.75) is 20.8 Å². The van der Waals surface area contributed by atoms with Gasteiger partial charge in [0.15, 0.2) is 0 Å². The lowest BCUT2D eigenvalue weighted by Crippen LogP contribution is -2.26. The van der Waals surface area contributed by atoms with Gasteiger partial charge in [0.1, 0.15) is 4.32 Å². The van der Waals surface area contributed by atoms with Crippen LogP contribution in [0.4, 0.5) is 0 Å². The van der Waals surface area contributed by atoms with Crippen LogP contribution in [0.2, 0.25) is 0 Å². The Hall–Kier alpha value is 0.240. The van der Waals surface area contributed by atoms with Crippen LogP contribution in [0.15, 0.2) is 0 Å². The van der Waals surface area contributed by atoms with Crippen LogP contribution in [0.25, 0.3) is 0 Å². The molecule has 0 aliphatic carbocycles. The number of thioether (sulfide) groups is 1. The second kappa shape index (κ2) is 5.98. The first-order valence-electron chi connectivity index (χ1n) is 3.67. The molecule has 0 aliphatic heterocycles. The molecule has 0 atom stereocenters. The molecule has 0 aromatic rings. The van der Waals surface area contributed by atoms with E-state index in [1.807, 2.05) is 0 Å². The molecule has 0 saturated carbocycles. The van der Waals surface area contributed by atoms with Gasteiger partial charge in [-0.1, -0.05) is 30.9 Å². The Kier molecular flexibility index (Phi) is 6.13. The highest BCUT2D eigenvalue weighted by Crippen LogP contribution is 2.07. The lowest BCUT2D eigenvalue weighted by Gasteiger charge is -2.20. The van der Waals surface area contributed by atoms with Crippen molar-refractivity contribution in [3.63, 3.8) is 0 Å². The molecule has 0 aromatic carbocycles. The second-order valence-corrected chi connectivity index (χ2v) is 3.77. The molecule has 0 heterocycles. The molecule has 0 radical (unpaired) electrons. The smallest absolute Gasteiger partial charge is 0.136 e. The van der Waals surface area contributed by atoms with Gasteiger partial charge in [-0.2, -0.15) is 0 Å². The molecule has 10 heavy (non-hydrogen) atoms. The van der Waals surface area contributed by atoms with Crippen LogP contribution >= 0.6 is 24.0 Å². The minimum Gasteiger partial charge on any atom is -0.358 e. The highest BCUT2D eigenvalue weighted by atomic mass is 32.2. The van der Waals surface area contributed by atoms with Gasteiger partial charge >= 0.3 is 0 Å². The maximum absolute atomic E-state index is 5.16. The number of rotatable bonds is 3. The molecule has 3 heteroatoms. The summed E-state index contributed by atoms with van der Waals surface area (Å²) < 4.78 is 1.03. The molecule has 0 aliphatic rings. The van der Waals surface area contributed by atoms with E-state index in [-0.39, 0.29) is 0 Å². The molecule has 0 bridgehead atoms. The molecule has 0 fully saturated rings.